The number of nitrogens with one attached hydrogen (secondary N) is 1. The first-order valence-electron chi connectivity index (χ1n) is 14.1. The van der Waals surface area contributed by atoms with E-state index in [0.29, 0.717) is 12.5 Å². The Labute approximate surface area is 258 Å². The number of aromatic nitrogens is 3. The number of carbonyl (C=O) groups is 1. The number of nitrogens with zero attached hydrogens (tertiary/aromatic N) is 4. The number of anilines is 2. The molecule has 1 amide bonds. The Morgan fingerprint density at radius 2 is 1.80 bits per heavy atom. The minimum atomic E-state index is -5.61. The van der Waals surface area contributed by atoms with Crippen molar-refractivity contribution in [3.05, 3.63) is 58.7 Å². The van der Waals surface area contributed by atoms with Gasteiger partial charge in [0.1, 0.15) is 22.8 Å². The topological polar surface area (TPSA) is 114 Å². The SMILES string of the molecule is CC1(C)CC2C/C=C\c3ccc(F)c(c3)C(O)(C(F)(F)F)c3nnc(o3)-c3nc(c(C(F)(F)F)cc3NC(=O)OC(C)(C)C)N2C1. The second kappa shape index (κ2) is 11.0. The summed E-state index contributed by atoms with van der Waals surface area (Å²) in [5.74, 6) is -4.45. The number of hydrogen-bond acceptors (Lipinski definition) is 8. The van der Waals surface area contributed by atoms with Gasteiger partial charge in [0.15, 0.2) is 5.69 Å². The summed E-state index contributed by atoms with van der Waals surface area (Å²) in [7, 11) is 0. The van der Waals surface area contributed by atoms with Gasteiger partial charge in [0.05, 0.1) is 5.69 Å². The van der Waals surface area contributed by atoms with E-state index in [-0.39, 0.29) is 18.5 Å². The predicted octanol–water partition coefficient (Wildman–Crippen LogP) is 7.46. The maximum absolute atomic E-state index is 15.0. The van der Waals surface area contributed by atoms with Crippen LogP contribution in [0.5, 0.6) is 0 Å². The number of alkyl halides is 6. The van der Waals surface area contributed by atoms with Gasteiger partial charge in [-0.15, -0.1) is 10.2 Å². The Kier molecular flexibility index (Phi) is 7.90. The summed E-state index contributed by atoms with van der Waals surface area (Å²) in [5.41, 5.74) is -9.49. The first-order chi connectivity index (χ1) is 21.1. The Balaban J connectivity index is 1.82. The molecule has 3 aromatic rings. The van der Waals surface area contributed by atoms with Crippen molar-refractivity contribution in [2.45, 2.75) is 77.1 Å². The molecule has 46 heavy (non-hydrogen) atoms. The van der Waals surface area contributed by atoms with Crippen molar-refractivity contribution in [2.24, 2.45) is 5.41 Å². The number of halogens is 7. The molecule has 2 atom stereocenters. The summed E-state index contributed by atoms with van der Waals surface area (Å²) < 4.78 is 113. The summed E-state index contributed by atoms with van der Waals surface area (Å²) in [4.78, 5) is 18.3. The fourth-order valence-electron chi connectivity index (χ4n) is 5.60. The molecule has 1 fully saturated rings. The van der Waals surface area contributed by atoms with Gasteiger partial charge in [0, 0.05) is 18.2 Å². The first kappa shape index (κ1) is 33.2. The smallest absolute Gasteiger partial charge is 0.430 e. The van der Waals surface area contributed by atoms with Gasteiger partial charge in [-0.3, -0.25) is 5.32 Å². The van der Waals surface area contributed by atoms with Crippen molar-refractivity contribution in [3.63, 3.8) is 0 Å². The van der Waals surface area contributed by atoms with E-state index in [4.69, 9.17) is 9.15 Å². The Hall–Kier alpha value is -4.21. The second-order valence-corrected chi connectivity index (χ2v) is 13.0. The zero-order chi connectivity index (χ0) is 34.0. The lowest BCUT2D eigenvalue weighted by Crippen LogP contribution is -2.44. The van der Waals surface area contributed by atoms with Crippen LogP contribution < -0.4 is 10.2 Å². The Morgan fingerprint density at radius 1 is 1.11 bits per heavy atom. The van der Waals surface area contributed by atoms with Crippen LogP contribution in [0, 0.1) is 11.2 Å². The molecular formula is C30H30F7N5O4. The minimum absolute atomic E-state index is 0.0657. The second-order valence-electron chi connectivity index (χ2n) is 13.0. The highest BCUT2D eigenvalue weighted by Gasteiger charge is 2.62. The predicted molar refractivity (Wildman–Crippen MR) is 151 cm³/mol. The standard InChI is InChI=1S/C30H30F7N5O4/c1-26(2,3)46-25(43)38-20-12-18(29(32,33)34)22-39-21(20)23-40-41-24(45-23)28(44,30(35,36)37)17-11-15(9-10-19(17)31)7-6-8-16-13-27(4,5)14-42(16)22/h6-7,9-12,16,44H,8,13-14H2,1-5H3,(H,38,43)/b7-6-. The van der Waals surface area contributed by atoms with Crippen molar-refractivity contribution >= 4 is 23.7 Å². The fraction of sp³-hybridized carbons (Fsp3) is 0.467. The highest BCUT2D eigenvalue weighted by molar-refractivity contribution is 5.90. The van der Waals surface area contributed by atoms with E-state index < -0.39 is 87.0 Å². The number of pyridine rings is 1. The molecule has 1 saturated heterocycles. The number of ether oxygens (including phenoxy) is 1. The molecule has 2 N–H and O–H groups in total. The average molecular weight is 658 g/mol. The van der Waals surface area contributed by atoms with Gasteiger partial charge in [-0.1, -0.05) is 32.1 Å². The summed E-state index contributed by atoms with van der Waals surface area (Å²) in [6.45, 7) is 8.35. The van der Waals surface area contributed by atoms with Crippen LogP contribution >= 0.6 is 0 Å². The molecular weight excluding hydrogens is 627 g/mol. The summed E-state index contributed by atoms with van der Waals surface area (Å²) in [6, 6.07) is 2.68. The number of aliphatic hydroxyl groups is 1. The van der Waals surface area contributed by atoms with Gasteiger partial charge in [0.25, 0.3) is 17.4 Å². The lowest BCUT2D eigenvalue weighted by Gasteiger charge is -2.29. The molecule has 6 bridgehead atoms. The van der Waals surface area contributed by atoms with Crippen molar-refractivity contribution in [1.29, 1.82) is 0 Å². The maximum atomic E-state index is 15.0. The third-order valence-corrected chi connectivity index (χ3v) is 7.49. The molecule has 9 nitrogen and oxygen atoms in total. The molecule has 2 unspecified atom stereocenters. The summed E-state index contributed by atoms with van der Waals surface area (Å²) in [6.07, 6.45) is -8.36. The van der Waals surface area contributed by atoms with E-state index in [1.807, 2.05) is 13.8 Å². The van der Waals surface area contributed by atoms with Crippen LogP contribution in [-0.2, 0) is 16.5 Å². The molecule has 0 spiro atoms. The Morgan fingerprint density at radius 3 is 2.43 bits per heavy atom. The van der Waals surface area contributed by atoms with Gasteiger partial charge in [-0.25, -0.2) is 14.2 Å². The zero-order valence-corrected chi connectivity index (χ0v) is 25.3. The van der Waals surface area contributed by atoms with E-state index in [2.05, 4.69) is 20.5 Å². The first-order valence-corrected chi connectivity index (χ1v) is 14.1. The highest BCUT2D eigenvalue weighted by Crippen LogP contribution is 2.48. The number of rotatable bonds is 1. The van der Waals surface area contributed by atoms with Crippen LogP contribution in [0.4, 0.5) is 47.0 Å². The summed E-state index contributed by atoms with van der Waals surface area (Å²) in [5, 5.41) is 20.1. The van der Waals surface area contributed by atoms with Gasteiger partial charge in [0.2, 0.25) is 0 Å². The maximum Gasteiger partial charge on any atom is 0.430 e. The van der Waals surface area contributed by atoms with Crippen LogP contribution in [0.2, 0.25) is 0 Å². The molecule has 0 radical (unpaired) electrons. The molecule has 4 heterocycles. The third kappa shape index (κ3) is 6.26. The molecule has 5 rings (SSSR count). The van der Waals surface area contributed by atoms with Crippen LogP contribution in [0.1, 0.15) is 70.0 Å². The molecule has 2 aliphatic heterocycles. The zero-order valence-electron chi connectivity index (χ0n) is 25.3. The number of carbonyl (C=O) groups excluding carboxylic acids is 1. The third-order valence-electron chi connectivity index (χ3n) is 7.49. The van der Waals surface area contributed by atoms with Crippen molar-refractivity contribution in [2.75, 3.05) is 16.8 Å². The van der Waals surface area contributed by atoms with Crippen LogP contribution in [0.25, 0.3) is 17.7 Å². The van der Waals surface area contributed by atoms with Crippen molar-refractivity contribution < 1.29 is 49.8 Å². The largest absolute Gasteiger partial charge is 0.444 e. The fourth-order valence-corrected chi connectivity index (χ4v) is 5.60. The van der Waals surface area contributed by atoms with Gasteiger partial charge in [-0.05, 0) is 62.8 Å². The number of benzene rings is 1. The monoisotopic (exact) mass is 657 g/mol. The van der Waals surface area contributed by atoms with E-state index in [9.17, 15) is 36.2 Å². The van der Waals surface area contributed by atoms with Crippen LogP contribution in [0.15, 0.2) is 34.8 Å². The molecule has 0 saturated carbocycles. The molecule has 2 aliphatic rings. The highest BCUT2D eigenvalue weighted by atomic mass is 19.4. The van der Waals surface area contributed by atoms with Crippen LogP contribution in [-0.4, -0.2) is 50.7 Å². The molecule has 16 heteroatoms. The van der Waals surface area contributed by atoms with Crippen molar-refractivity contribution in [3.8, 4) is 11.6 Å². The van der Waals surface area contributed by atoms with E-state index in [0.717, 1.165) is 12.1 Å². The average Bonchev–Trinajstić information content (AvgIpc) is 3.50. The van der Waals surface area contributed by atoms with Gasteiger partial charge < -0.3 is 19.2 Å². The molecule has 1 aromatic carbocycles. The van der Waals surface area contributed by atoms with E-state index >= 15 is 4.39 Å². The lowest BCUT2D eigenvalue weighted by atomic mass is 9.89. The quantitative estimate of drug-likeness (QED) is 0.260. The summed E-state index contributed by atoms with van der Waals surface area (Å²) >= 11 is 0. The minimum Gasteiger partial charge on any atom is -0.444 e. The van der Waals surface area contributed by atoms with Crippen molar-refractivity contribution in [1.82, 2.24) is 15.2 Å². The molecule has 2 aromatic heterocycles. The Bertz CT molecular complexity index is 1690. The number of amides is 1. The van der Waals surface area contributed by atoms with E-state index in [1.165, 1.54) is 37.8 Å². The molecule has 0 aliphatic carbocycles. The van der Waals surface area contributed by atoms with Crippen LogP contribution in [0.3, 0.4) is 0 Å². The number of hydrogen-bond donors (Lipinski definition) is 2. The number of fused-ring (bicyclic) bond motifs is 9. The van der Waals surface area contributed by atoms with Gasteiger partial charge >= 0.3 is 18.4 Å². The molecule has 248 valence electrons. The van der Waals surface area contributed by atoms with Gasteiger partial charge in [-0.2, -0.15) is 26.3 Å². The normalized spacial score (nSPS) is 22.0. The van der Waals surface area contributed by atoms with E-state index in [1.54, 1.807) is 6.08 Å². The lowest BCUT2D eigenvalue weighted by molar-refractivity contribution is -0.256.